The van der Waals surface area contributed by atoms with Gasteiger partial charge in [-0.2, -0.15) is 0 Å². The number of hydrogen-bond donors (Lipinski definition) is 2. The number of nitrogens with two attached hydrogens (primary N) is 1. The molecule has 0 radical (unpaired) electrons. The first-order valence-electron chi connectivity index (χ1n) is 10.2. The fourth-order valence-electron chi connectivity index (χ4n) is 4.89. The number of halogens is 1. The van der Waals surface area contributed by atoms with Crippen LogP contribution < -0.4 is 9.86 Å². The van der Waals surface area contributed by atoms with E-state index in [9.17, 15) is 21.2 Å². The molecule has 0 bridgehead atoms. The Hall–Kier alpha value is -1.27. The van der Waals surface area contributed by atoms with Gasteiger partial charge in [0.15, 0.2) is 0 Å². The van der Waals surface area contributed by atoms with Gasteiger partial charge >= 0.3 is 0 Å². The molecule has 3 N–H and O–H groups in total. The molecule has 0 amide bonds. The highest BCUT2D eigenvalue weighted by Gasteiger charge is 2.71. The number of nitrogens with zero attached hydrogens (tertiary/aromatic N) is 1. The smallest absolute Gasteiger partial charge is 0.240 e. The summed E-state index contributed by atoms with van der Waals surface area (Å²) in [5, 5.41) is 5.51. The summed E-state index contributed by atoms with van der Waals surface area (Å²) in [5.41, 5.74) is -1.32. The van der Waals surface area contributed by atoms with Gasteiger partial charge in [-0.05, 0) is 37.3 Å². The Balaban J connectivity index is 1.79. The van der Waals surface area contributed by atoms with Crippen LogP contribution in [0.3, 0.4) is 0 Å². The van der Waals surface area contributed by atoms with Crippen molar-refractivity contribution in [2.45, 2.75) is 42.4 Å². The third-order valence-electron chi connectivity index (χ3n) is 6.56. The number of nitrogens with one attached hydrogen (secondary N) is 1. The van der Waals surface area contributed by atoms with Crippen molar-refractivity contribution < 1.29 is 26.0 Å². The largest absolute Gasteiger partial charge is 0.379 e. The van der Waals surface area contributed by atoms with Crippen LogP contribution in [0.15, 0.2) is 24.3 Å². The summed E-state index contributed by atoms with van der Waals surface area (Å²) < 4.78 is 72.7. The van der Waals surface area contributed by atoms with E-state index in [1.807, 2.05) is 4.90 Å². The quantitative estimate of drug-likeness (QED) is 0.572. The van der Waals surface area contributed by atoms with Gasteiger partial charge in [0, 0.05) is 13.1 Å². The number of ether oxygens (including phenoxy) is 1. The van der Waals surface area contributed by atoms with Gasteiger partial charge < -0.3 is 4.74 Å². The molecule has 11 heteroatoms. The SMILES string of the molecule is NS(=O)(=O)CC(CC1CC1)(N1CCOCC1)C1(S(=O)(=O)Nc2ccccc2F)CC1. The Morgan fingerprint density at radius 3 is 2.33 bits per heavy atom. The summed E-state index contributed by atoms with van der Waals surface area (Å²) in [7, 11) is -8.10. The van der Waals surface area contributed by atoms with Gasteiger partial charge in [-0.25, -0.2) is 26.4 Å². The van der Waals surface area contributed by atoms with E-state index in [-0.39, 0.29) is 11.6 Å². The monoisotopic (exact) mass is 461 g/mol. The first-order valence-corrected chi connectivity index (χ1v) is 13.4. The van der Waals surface area contributed by atoms with Crippen LogP contribution in [-0.4, -0.2) is 64.1 Å². The highest BCUT2D eigenvalue weighted by Crippen LogP contribution is 2.59. The normalized spacial score (nSPS) is 24.2. The molecule has 8 nitrogen and oxygen atoms in total. The van der Waals surface area contributed by atoms with Crippen LogP contribution in [0.2, 0.25) is 0 Å². The van der Waals surface area contributed by atoms with Gasteiger partial charge in [0.1, 0.15) is 10.6 Å². The second kappa shape index (κ2) is 7.70. The Kier molecular flexibility index (Phi) is 5.63. The number of hydrogen-bond acceptors (Lipinski definition) is 6. The highest BCUT2D eigenvalue weighted by atomic mass is 32.2. The van der Waals surface area contributed by atoms with Crippen molar-refractivity contribution in [1.82, 2.24) is 4.90 Å². The topological polar surface area (TPSA) is 119 Å². The molecule has 3 aliphatic rings. The van der Waals surface area contributed by atoms with Crippen molar-refractivity contribution in [2.24, 2.45) is 11.1 Å². The molecule has 1 atom stereocenters. The lowest BCUT2D eigenvalue weighted by molar-refractivity contribution is -0.0247. The van der Waals surface area contributed by atoms with Crippen molar-refractivity contribution in [1.29, 1.82) is 0 Å². The third kappa shape index (κ3) is 4.10. The number of benzene rings is 1. The molecule has 3 fully saturated rings. The zero-order valence-electron chi connectivity index (χ0n) is 16.7. The molecule has 2 aliphatic carbocycles. The van der Waals surface area contributed by atoms with Crippen LogP contribution in [0, 0.1) is 11.7 Å². The molecule has 0 spiro atoms. The number of para-hydroxylation sites is 1. The summed E-state index contributed by atoms with van der Waals surface area (Å²) in [5.74, 6) is -0.868. The molecule has 1 aliphatic heterocycles. The number of anilines is 1. The minimum absolute atomic E-state index is 0.137. The Labute approximate surface area is 177 Å². The standard InChI is InChI=1S/C19H28FN3O5S2/c20-16-3-1-2-4-17(16)22-30(26,27)19(7-8-19)18(13-15-5-6-15,14-29(21,24)25)23-9-11-28-12-10-23/h1-4,15,22H,5-14H2,(H2,21,24,25). The maximum atomic E-state index is 14.2. The van der Waals surface area contributed by atoms with E-state index in [2.05, 4.69) is 4.72 Å². The number of sulfonamides is 2. The molecule has 1 heterocycles. The minimum atomic E-state index is -4.11. The Morgan fingerprint density at radius 2 is 1.80 bits per heavy atom. The van der Waals surface area contributed by atoms with Crippen molar-refractivity contribution in [3.8, 4) is 0 Å². The van der Waals surface area contributed by atoms with Crippen LogP contribution in [0.25, 0.3) is 0 Å². The van der Waals surface area contributed by atoms with E-state index in [1.54, 1.807) is 6.07 Å². The van der Waals surface area contributed by atoms with Gasteiger partial charge in [-0.15, -0.1) is 0 Å². The van der Waals surface area contributed by atoms with Crippen LogP contribution in [0.4, 0.5) is 10.1 Å². The molecule has 30 heavy (non-hydrogen) atoms. The lowest BCUT2D eigenvalue weighted by Gasteiger charge is -2.50. The van der Waals surface area contributed by atoms with Gasteiger partial charge in [-0.1, -0.05) is 25.0 Å². The van der Waals surface area contributed by atoms with Gasteiger partial charge in [0.05, 0.1) is 30.2 Å². The highest BCUT2D eigenvalue weighted by molar-refractivity contribution is 7.94. The lowest BCUT2D eigenvalue weighted by atomic mass is 9.85. The van der Waals surface area contributed by atoms with E-state index in [0.29, 0.717) is 45.6 Å². The number of primary sulfonamides is 1. The van der Waals surface area contributed by atoms with Gasteiger partial charge in [-0.3, -0.25) is 9.62 Å². The van der Waals surface area contributed by atoms with E-state index in [1.165, 1.54) is 18.2 Å². The molecule has 2 saturated carbocycles. The van der Waals surface area contributed by atoms with Crippen molar-refractivity contribution in [3.63, 3.8) is 0 Å². The molecule has 1 unspecified atom stereocenters. The fraction of sp³-hybridized carbons (Fsp3) is 0.684. The van der Waals surface area contributed by atoms with Crippen molar-refractivity contribution in [2.75, 3.05) is 36.8 Å². The average Bonchev–Trinajstić information content (AvgIpc) is 3.57. The van der Waals surface area contributed by atoms with E-state index in [0.717, 1.165) is 12.8 Å². The minimum Gasteiger partial charge on any atom is -0.379 e. The molecule has 1 aromatic rings. The summed E-state index contributed by atoms with van der Waals surface area (Å²) in [6.07, 6.45) is 2.91. The Morgan fingerprint density at radius 1 is 1.17 bits per heavy atom. The van der Waals surface area contributed by atoms with Crippen molar-refractivity contribution in [3.05, 3.63) is 30.1 Å². The first kappa shape index (κ1) is 21.9. The fourth-order valence-corrected chi connectivity index (χ4v) is 8.30. The summed E-state index contributed by atoms with van der Waals surface area (Å²) >= 11 is 0. The van der Waals surface area contributed by atoms with E-state index >= 15 is 0 Å². The molecular weight excluding hydrogens is 433 g/mol. The average molecular weight is 462 g/mol. The molecule has 0 aromatic heterocycles. The Bertz CT molecular complexity index is 1000. The second-order valence-corrected chi connectivity index (χ2v) is 12.3. The first-order chi connectivity index (χ1) is 14.1. The maximum absolute atomic E-state index is 14.2. The van der Waals surface area contributed by atoms with Gasteiger partial charge in [0.25, 0.3) is 0 Å². The third-order valence-corrected chi connectivity index (χ3v) is 9.75. The predicted molar refractivity (Wildman–Crippen MR) is 111 cm³/mol. The van der Waals surface area contributed by atoms with Crippen LogP contribution >= 0.6 is 0 Å². The van der Waals surface area contributed by atoms with Crippen LogP contribution in [-0.2, 0) is 24.8 Å². The predicted octanol–water partition coefficient (Wildman–Crippen LogP) is 1.26. The molecule has 1 saturated heterocycles. The summed E-state index contributed by atoms with van der Waals surface area (Å²) in [6, 6.07) is 5.57. The lowest BCUT2D eigenvalue weighted by Crippen LogP contribution is -2.67. The molecule has 1 aromatic carbocycles. The van der Waals surface area contributed by atoms with Crippen molar-refractivity contribution >= 4 is 25.7 Å². The second-order valence-electron chi connectivity index (χ2n) is 8.67. The molecular formula is C19H28FN3O5S2. The summed E-state index contributed by atoms with van der Waals surface area (Å²) in [6.45, 7) is 1.65. The number of morpholine rings is 1. The summed E-state index contributed by atoms with van der Waals surface area (Å²) in [4.78, 5) is 1.95. The zero-order chi connectivity index (χ0) is 21.6. The van der Waals surface area contributed by atoms with Gasteiger partial charge in [0.2, 0.25) is 20.0 Å². The maximum Gasteiger partial charge on any atom is 0.240 e. The molecule has 168 valence electrons. The molecule has 4 rings (SSSR count). The number of rotatable bonds is 9. The van der Waals surface area contributed by atoms with E-state index in [4.69, 9.17) is 9.88 Å². The zero-order valence-corrected chi connectivity index (χ0v) is 18.4. The van der Waals surface area contributed by atoms with Crippen LogP contribution in [0.5, 0.6) is 0 Å². The van der Waals surface area contributed by atoms with E-state index < -0.39 is 41.9 Å². The van der Waals surface area contributed by atoms with Crippen LogP contribution in [0.1, 0.15) is 32.1 Å².